The van der Waals surface area contributed by atoms with Gasteiger partial charge in [-0.1, -0.05) is 26.0 Å². The quantitative estimate of drug-likeness (QED) is 0.752. The largest absolute Gasteiger partial charge is 0.330 e. The van der Waals surface area contributed by atoms with Gasteiger partial charge in [-0.2, -0.15) is 0 Å². The molecule has 0 aliphatic carbocycles. The number of para-hydroxylation sites is 2. The first kappa shape index (κ1) is 14.9. The molecule has 0 spiro atoms. The van der Waals surface area contributed by atoms with E-state index in [1.54, 1.807) is 0 Å². The molecular weight excluding hydrogens is 276 g/mol. The first-order valence-corrected chi connectivity index (χ1v) is 7.72. The van der Waals surface area contributed by atoms with Crippen molar-refractivity contribution in [2.75, 3.05) is 6.54 Å². The summed E-state index contributed by atoms with van der Waals surface area (Å²) >= 11 is 0. The highest BCUT2D eigenvalue weighted by Crippen LogP contribution is 2.25. The predicted molar refractivity (Wildman–Crippen MR) is 87.6 cm³/mol. The van der Waals surface area contributed by atoms with Crippen molar-refractivity contribution in [2.24, 2.45) is 11.5 Å². The molecule has 3 aromatic rings. The van der Waals surface area contributed by atoms with Gasteiger partial charge in [-0.15, -0.1) is 10.2 Å². The summed E-state index contributed by atoms with van der Waals surface area (Å²) in [5.74, 6) is 1.20. The number of aromatic nitrogens is 4. The van der Waals surface area contributed by atoms with Crippen molar-refractivity contribution in [3.8, 4) is 0 Å². The third-order valence-corrected chi connectivity index (χ3v) is 3.87. The third-order valence-electron chi connectivity index (χ3n) is 3.87. The summed E-state index contributed by atoms with van der Waals surface area (Å²) in [5, 5.41) is 8.72. The lowest BCUT2D eigenvalue weighted by Gasteiger charge is -2.14. The second-order valence-electron chi connectivity index (χ2n) is 5.90. The van der Waals surface area contributed by atoms with E-state index in [4.69, 9.17) is 16.5 Å². The number of hydrogen-bond donors (Lipinski definition) is 2. The Morgan fingerprint density at radius 3 is 2.68 bits per heavy atom. The van der Waals surface area contributed by atoms with Gasteiger partial charge >= 0.3 is 0 Å². The van der Waals surface area contributed by atoms with Crippen molar-refractivity contribution in [1.82, 2.24) is 19.6 Å². The Morgan fingerprint density at radius 2 is 1.95 bits per heavy atom. The molecule has 0 aliphatic heterocycles. The molecule has 1 aromatic carbocycles. The molecule has 1 atom stereocenters. The molecular formula is C16H22N6. The first-order chi connectivity index (χ1) is 10.6. The van der Waals surface area contributed by atoms with E-state index < -0.39 is 0 Å². The number of fused-ring (bicyclic) bond motifs is 3. The Bertz CT molecular complexity index is 792. The summed E-state index contributed by atoms with van der Waals surface area (Å²) in [5.41, 5.74) is 15.4. The standard InChI is InChI=1S/C16H22N6/c1-10(2)15-20-21-16-14(11(18)6-5-9-17)19-12-7-3-4-8-13(12)22(15)16/h3-4,7-8,10-11H,5-6,9,17-18H2,1-2H3. The smallest absolute Gasteiger partial charge is 0.184 e. The molecule has 0 amide bonds. The van der Waals surface area contributed by atoms with Crippen LogP contribution in [0.4, 0.5) is 0 Å². The molecule has 6 nitrogen and oxygen atoms in total. The Kier molecular flexibility index (Phi) is 4.04. The molecule has 1 unspecified atom stereocenters. The average molecular weight is 298 g/mol. The van der Waals surface area contributed by atoms with E-state index in [0.717, 1.165) is 41.0 Å². The fourth-order valence-corrected chi connectivity index (χ4v) is 2.72. The van der Waals surface area contributed by atoms with Crippen LogP contribution in [-0.2, 0) is 0 Å². The van der Waals surface area contributed by atoms with Crippen molar-refractivity contribution in [2.45, 2.75) is 38.6 Å². The summed E-state index contributed by atoms with van der Waals surface area (Å²) in [6.45, 7) is 4.85. The molecule has 0 aliphatic rings. The maximum absolute atomic E-state index is 6.32. The van der Waals surface area contributed by atoms with Gasteiger partial charge in [-0.05, 0) is 31.5 Å². The molecule has 22 heavy (non-hydrogen) atoms. The van der Waals surface area contributed by atoms with E-state index in [2.05, 4.69) is 28.4 Å². The second kappa shape index (κ2) is 5.98. The summed E-state index contributed by atoms with van der Waals surface area (Å²) < 4.78 is 2.09. The zero-order valence-corrected chi connectivity index (χ0v) is 13.0. The zero-order chi connectivity index (χ0) is 15.7. The minimum atomic E-state index is -0.181. The summed E-state index contributed by atoms with van der Waals surface area (Å²) in [7, 11) is 0. The topological polar surface area (TPSA) is 95.1 Å². The normalized spacial score (nSPS) is 13.3. The van der Waals surface area contributed by atoms with Crippen LogP contribution in [0, 0.1) is 0 Å². The highest BCUT2D eigenvalue weighted by atomic mass is 15.3. The molecule has 2 heterocycles. The van der Waals surface area contributed by atoms with Gasteiger partial charge in [0.25, 0.3) is 0 Å². The molecule has 4 N–H and O–H groups in total. The average Bonchev–Trinajstić information content (AvgIpc) is 2.97. The minimum Gasteiger partial charge on any atom is -0.330 e. The highest BCUT2D eigenvalue weighted by molar-refractivity contribution is 5.78. The Labute approximate surface area is 129 Å². The van der Waals surface area contributed by atoms with E-state index in [1.807, 2.05) is 24.3 Å². The van der Waals surface area contributed by atoms with Crippen LogP contribution < -0.4 is 11.5 Å². The SMILES string of the molecule is CC(C)c1nnc2c(C(N)CCCN)nc3ccccc3n12. The van der Waals surface area contributed by atoms with Crippen LogP contribution in [0.3, 0.4) is 0 Å². The Balaban J connectivity index is 2.27. The molecule has 0 radical (unpaired) electrons. The van der Waals surface area contributed by atoms with Gasteiger partial charge in [0.1, 0.15) is 11.5 Å². The van der Waals surface area contributed by atoms with Crippen LogP contribution in [-0.4, -0.2) is 26.1 Å². The van der Waals surface area contributed by atoms with Crippen LogP contribution >= 0.6 is 0 Å². The van der Waals surface area contributed by atoms with Gasteiger partial charge in [0.05, 0.1) is 17.1 Å². The maximum Gasteiger partial charge on any atom is 0.184 e. The molecule has 6 heteroatoms. The molecule has 0 saturated carbocycles. The van der Waals surface area contributed by atoms with Crippen LogP contribution in [0.25, 0.3) is 16.7 Å². The number of hydrogen-bond acceptors (Lipinski definition) is 5. The van der Waals surface area contributed by atoms with E-state index in [1.165, 1.54) is 0 Å². The third kappa shape index (κ3) is 2.44. The number of nitrogens with two attached hydrogens (primary N) is 2. The van der Waals surface area contributed by atoms with Gasteiger partial charge in [-0.3, -0.25) is 4.40 Å². The number of nitrogens with zero attached hydrogens (tertiary/aromatic N) is 4. The minimum absolute atomic E-state index is 0.181. The van der Waals surface area contributed by atoms with E-state index in [-0.39, 0.29) is 12.0 Å². The lowest BCUT2D eigenvalue weighted by molar-refractivity contribution is 0.606. The van der Waals surface area contributed by atoms with Crippen molar-refractivity contribution < 1.29 is 0 Å². The molecule has 3 rings (SSSR count). The van der Waals surface area contributed by atoms with Crippen LogP contribution in [0.1, 0.15) is 50.2 Å². The molecule has 0 saturated heterocycles. The molecule has 116 valence electrons. The fraction of sp³-hybridized carbons (Fsp3) is 0.438. The second-order valence-corrected chi connectivity index (χ2v) is 5.90. The van der Waals surface area contributed by atoms with E-state index in [0.29, 0.717) is 6.54 Å². The summed E-state index contributed by atoms with van der Waals surface area (Å²) in [6.07, 6.45) is 1.66. The van der Waals surface area contributed by atoms with Crippen LogP contribution in [0.5, 0.6) is 0 Å². The lowest BCUT2D eigenvalue weighted by Crippen LogP contribution is -2.16. The van der Waals surface area contributed by atoms with Crippen molar-refractivity contribution in [3.05, 3.63) is 35.8 Å². The number of benzene rings is 1. The molecule has 2 aromatic heterocycles. The monoisotopic (exact) mass is 298 g/mol. The first-order valence-electron chi connectivity index (χ1n) is 7.72. The van der Waals surface area contributed by atoms with Crippen LogP contribution in [0.2, 0.25) is 0 Å². The van der Waals surface area contributed by atoms with Gasteiger partial charge in [-0.25, -0.2) is 4.98 Å². The van der Waals surface area contributed by atoms with Crippen molar-refractivity contribution >= 4 is 16.7 Å². The maximum atomic E-state index is 6.32. The van der Waals surface area contributed by atoms with Crippen molar-refractivity contribution in [1.29, 1.82) is 0 Å². The summed E-state index contributed by atoms with van der Waals surface area (Å²) in [6, 6.07) is 7.84. The number of rotatable bonds is 5. The predicted octanol–water partition coefficient (Wildman–Crippen LogP) is 2.14. The van der Waals surface area contributed by atoms with Gasteiger partial charge in [0.15, 0.2) is 5.65 Å². The van der Waals surface area contributed by atoms with Gasteiger partial charge in [0.2, 0.25) is 0 Å². The van der Waals surface area contributed by atoms with E-state index in [9.17, 15) is 0 Å². The van der Waals surface area contributed by atoms with Gasteiger partial charge in [0, 0.05) is 5.92 Å². The zero-order valence-electron chi connectivity index (χ0n) is 13.0. The molecule has 0 bridgehead atoms. The Morgan fingerprint density at radius 1 is 1.18 bits per heavy atom. The summed E-state index contributed by atoms with van der Waals surface area (Å²) in [4.78, 5) is 4.74. The van der Waals surface area contributed by atoms with Gasteiger partial charge < -0.3 is 11.5 Å². The van der Waals surface area contributed by atoms with Crippen molar-refractivity contribution in [3.63, 3.8) is 0 Å². The molecule has 0 fully saturated rings. The Hall–Kier alpha value is -2.05. The lowest BCUT2D eigenvalue weighted by atomic mass is 10.1. The van der Waals surface area contributed by atoms with Crippen LogP contribution in [0.15, 0.2) is 24.3 Å². The van der Waals surface area contributed by atoms with E-state index >= 15 is 0 Å². The fourth-order valence-electron chi connectivity index (χ4n) is 2.72. The highest BCUT2D eigenvalue weighted by Gasteiger charge is 2.20.